The van der Waals surface area contributed by atoms with Gasteiger partial charge in [0.05, 0.1) is 36.0 Å². The second-order valence-corrected chi connectivity index (χ2v) is 14.2. The first-order valence-corrected chi connectivity index (χ1v) is 15.6. The number of fused-ring (bicyclic) bond motifs is 7. The minimum Gasteiger partial charge on any atom is -0.471 e. The lowest BCUT2D eigenvalue weighted by molar-refractivity contribution is -0.158. The molecule has 2 saturated carbocycles. The maximum Gasteiger partial charge on any atom is 0.306 e. The van der Waals surface area contributed by atoms with E-state index in [2.05, 4.69) is 9.97 Å². The lowest BCUT2D eigenvalue weighted by Gasteiger charge is -2.34. The Balaban J connectivity index is 1.38. The average molecular weight is 598 g/mol. The van der Waals surface area contributed by atoms with Crippen molar-refractivity contribution in [3.8, 4) is 5.88 Å². The highest BCUT2D eigenvalue weighted by atomic mass is 19.3. The van der Waals surface area contributed by atoms with Crippen molar-refractivity contribution in [1.82, 2.24) is 14.9 Å². The van der Waals surface area contributed by atoms with Crippen molar-refractivity contribution in [2.75, 3.05) is 6.54 Å². The van der Waals surface area contributed by atoms with Gasteiger partial charge >= 0.3 is 5.97 Å². The molecule has 1 aromatic carbocycles. The Labute approximate surface area is 250 Å². The quantitative estimate of drug-likeness (QED) is 0.307. The van der Waals surface area contributed by atoms with E-state index in [1.807, 2.05) is 20.8 Å². The fourth-order valence-corrected chi connectivity index (χ4v) is 7.56. The van der Waals surface area contributed by atoms with E-state index in [4.69, 9.17) is 9.47 Å². The van der Waals surface area contributed by atoms with Crippen LogP contribution in [-0.4, -0.2) is 57.8 Å². The summed E-state index contributed by atoms with van der Waals surface area (Å²) < 4.78 is 44.0. The van der Waals surface area contributed by atoms with Crippen LogP contribution in [0.5, 0.6) is 5.88 Å². The van der Waals surface area contributed by atoms with Gasteiger partial charge in [0, 0.05) is 12.3 Å². The molecule has 0 radical (unpaired) electrons. The van der Waals surface area contributed by atoms with Crippen LogP contribution in [0.3, 0.4) is 0 Å². The standard InChI is InChI=1S/C33H41F2N3O5/c1-18-25(17-39)38-16-27(18)43-30-29(36-23-10-5-6-11-24(23)37-30)33(34,35)12-8-7-9-20-21-13-19(21)14-26(20)42-28(40)15-22(31(38)41)32(2,3)4/h5-6,10-11,17-22,25-27H,7-9,12-16H2,1-4H3/t18-,19?,20+,21?,22+,25+,26+,27-/m0/s1. The molecule has 3 fully saturated rings. The van der Waals surface area contributed by atoms with Crippen LogP contribution in [0, 0.1) is 35.0 Å². The third-order valence-electron chi connectivity index (χ3n) is 10.2. The molecule has 8 nitrogen and oxygen atoms in total. The lowest BCUT2D eigenvalue weighted by Crippen LogP contribution is -2.46. The number of benzene rings is 1. The summed E-state index contributed by atoms with van der Waals surface area (Å²) in [6.45, 7) is 7.44. The Bertz CT molecular complexity index is 1410. The van der Waals surface area contributed by atoms with Crippen LogP contribution in [0.1, 0.15) is 78.3 Å². The van der Waals surface area contributed by atoms with Crippen molar-refractivity contribution in [3.05, 3.63) is 30.0 Å². The van der Waals surface area contributed by atoms with Gasteiger partial charge < -0.3 is 19.2 Å². The molecule has 2 unspecified atom stereocenters. The molecule has 1 saturated heterocycles. The molecule has 43 heavy (non-hydrogen) atoms. The molecule has 8 atom stereocenters. The second-order valence-electron chi connectivity index (χ2n) is 14.2. The van der Waals surface area contributed by atoms with E-state index in [1.54, 1.807) is 31.2 Å². The summed E-state index contributed by atoms with van der Waals surface area (Å²) in [6, 6.07) is 5.97. The first-order chi connectivity index (χ1) is 20.4. The minimum atomic E-state index is -3.31. The summed E-state index contributed by atoms with van der Waals surface area (Å²) >= 11 is 0. The number of hydrogen-bond donors (Lipinski definition) is 0. The Hall–Kier alpha value is -3.17. The van der Waals surface area contributed by atoms with Gasteiger partial charge in [-0.15, -0.1) is 0 Å². The van der Waals surface area contributed by atoms with Crippen LogP contribution in [0.4, 0.5) is 8.78 Å². The van der Waals surface area contributed by atoms with Crippen molar-refractivity contribution in [2.24, 2.45) is 35.0 Å². The first-order valence-electron chi connectivity index (χ1n) is 15.6. The monoisotopic (exact) mass is 597 g/mol. The molecule has 0 spiro atoms. The number of rotatable bonds is 1. The van der Waals surface area contributed by atoms with Crippen LogP contribution in [0.15, 0.2) is 24.3 Å². The van der Waals surface area contributed by atoms with Crippen molar-refractivity contribution in [3.63, 3.8) is 0 Å². The molecule has 4 aliphatic rings. The second kappa shape index (κ2) is 11.1. The molecular weight excluding hydrogens is 556 g/mol. The summed E-state index contributed by atoms with van der Waals surface area (Å²) in [7, 11) is 0. The van der Waals surface area contributed by atoms with Crippen LogP contribution < -0.4 is 4.74 Å². The maximum atomic E-state index is 15.9. The fraction of sp³-hybridized carbons (Fsp3) is 0.667. The van der Waals surface area contributed by atoms with E-state index in [0.29, 0.717) is 42.0 Å². The molecule has 0 N–H and O–H groups in total. The summed E-state index contributed by atoms with van der Waals surface area (Å²) in [5, 5.41) is 0. The van der Waals surface area contributed by atoms with Crippen molar-refractivity contribution < 1.29 is 32.6 Å². The van der Waals surface area contributed by atoms with E-state index in [0.717, 1.165) is 12.8 Å². The van der Waals surface area contributed by atoms with Crippen LogP contribution in [-0.2, 0) is 25.0 Å². The van der Waals surface area contributed by atoms with Gasteiger partial charge in [0.25, 0.3) is 5.92 Å². The molecule has 1 amide bonds. The zero-order valence-electron chi connectivity index (χ0n) is 25.3. The number of esters is 1. The molecule has 10 heteroatoms. The van der Waals surface area contributed by atoms with Crippen molar-refractivity contribution in [1.29, 1.82) is 0 Å². The minimum absolute atomic E-state index is 0.00138. The van der Waals surface area contributed by atoms with Gasteiger partial charge in [-0.05, 0) is 61.0 Å². The van der Waals surface area contributed by atoms with Crippen LogP contribution in [0.2, 0.25) is 0 Å². The van der Waals surface area contributed by atoms with Crippen LogP contribution in [0.25, 0.3) is 11.0 Å². The van der Waals surface area contributed by atoms with Gasteiger partial charge in [-0.25, -0.2) is 9.97 Å². The maximum absolute atomic E-state index is 15.9. The first kappa shape index (κ1) is 29.9. The molecular formula is C33H41F2N3O5. The number of aromatic nitrogens is 2. The van der Waals surface area contributed by atoms with Crippen LogP contribution >= 0.6 is 0 Å². The number of halogens is 2. The number of ether oxygens (including phenoxy) is 2. The molecule has 2 aromatic rings. The lowest BCUT2D eigenvalue weighted by atomic mass is 9.77. The highest BCUT2D eigenvalue weighted by Crippen LogP contribution is 2.58. The normalized spacial score (nSPS) is 34.7. The zero-order valence-corrected chi connectivity index (χ0v) is 25.3. The van der Waals surface area contributed by atoms with E-state index in [9.17, 15) is 14.4 Å². The topological polar surface area (TPSA) is 98.7 Å². The number of nitrogens with zero attached hydrogens (tertiary/aromatic N) is 3. The highest BCUT2D eigenvalue weighted by Gasteiger charge is 2.55. The van der Waals surface area contributed by atoms with E-state index in [-0.39, 0.29) is 43.2 Å². The summed E-state index contributed by atoms with van der Waals surface area (Å²) in [5.74, 6) is -4.46. The van der Waals surface area contributed by atoms with Gasteiger partial charge in [0.2, 0.25) is 11.8 Å². The SMILES string of the molecule is C[C@@H]1[C@@H]2CN(C(=O)[C@H](C(C)(C)C)CC(=O)O[C@@H]3CC4CC4[C@H]3CCCCC(F)(F)c3nc4ccccc4nc3O2)[C@@H]1C=O. The smallest absolute Gasteiger partial charge is 0.306 e. The Morgan fingerprint density at radius 2 is 1.72 bits per heavy atom. The van der Waals surface area contributed by atoms with Gasteiger partial charge in [-0.1, -0.05) is 46.2 Å². The number of alkyl halides is 2. The third kappa shape index (κ3) is 5.74. The van der Waals surface area contributed by atoms with Crippen molar-refractivity contribution >= 4 is 29.2 Å². The van der Waals surface area contributed by atoms with E-state index in [1.165, 1.54) is 4.90 Å². The number of carbonyl (C=O) groups is 3. The fourth-order valence-electron chi connectivity index (χ4n) is 7.56. The van der Waals surface area contributed by atoms with E-state index >= 15 is 8.78 Å². The highest BCUT2D eigenvalue weighted by molar-refractivity contribution is 5.87. The zero-order chi connectivity index (χ0) is 30.7. The molecule has 1 aromatic heterocycles. The molecule has 232 valence electrons. The predicted molar refractivity (Wildman–Crippen MR) is 154 cm³/mol. The largest absolute Gasteiger partial charge is 0.471 e. The average Bonchev–Trinajstić information content (AvgIpc) is 3.53. The van der Waals surface area contributed by atoms with Gasteiger partial charge in [0.15, 0.2) is 5.69 Å². The summed E-state index contributed by atoms with van der Waals surface area (Å²) in [6.07, 6.45) is 2.60. The number of carbonyl (C=O) groups excluding carboxylic acids is 3. The molecule has 6 rings (SSSR count). The Kier molecular flexibility index (Phi) is 7.70. The number of aldehydes is 1. The van der Waals surface area contributed by atoms with Crippen molar-refractivity contribution in [2.45, 2.75) is 96.8 Å². The summed E-state index contributed by atoms with van der Waals surface area (Å²) in [4.78, 5) is 49.9. The predicted octanol–water partition coefficient (Wildman–Crippen LogP) is 5.71. The van der Waals surface area contributed by atoms with Gasteiger partial charge in [-0.3, -0.25) is 9.59 Å². The number of para-hydroxylation sites is 2. The van der Waals surface area contributed by atoms with Gasteiger partial charge in [0.1, 0.15) is 18.5 Å². The van der Waals surface area contributed by atoms with E-state index < -0.39 is 53.4 Å². The van der Waals surface area contributed by atoms with Gasteiger partial charge in [-0.2, -0.15) is 8.78 Å². The Morgan fingerprint density at radius 1 is 1.00 bits per heavy atom. The molecule has 3 heterocycles. The number of amides is 1. The Morgan fingerprint density at radius 3 is 2.42 bits per heavy atom. The molecule has 2 aliphatic heterocycles. The summed E-state index contributed by atoms with van der Waals surface area (Å²) in [5.41, 5.74) is -0.350. The third-order valence-corrected chi connectivity index (χ3v) is 10.2. The molecule has 2 aliphatic carbocycles. The molecule has 2 bridgehead atoms. The number of hydrogen-bond acceptors (Lipinski definition) is 7.